The predicted octanol–water partition coefficient (Wildman–Crippen LogP) is 2.30. The zero-order valence-electron chi connectivity index (χ0n) is 13.6. The third kappa shape index (κ3) is 2.93. The van der Waals surface area contributed by atoms with E-state index in [1.54, 1.807) is 16.7 Å². The van der Waals surface area contributed by atoms with Crippen molar-refractivity contribution in [1.29, 1.82) is 0 Å². The lowest BCUT2D eigenvalue weighted by Gasteiger charge is -2.44. The van der Waals surface area contributed by atoms with Gasteiger partial charge in [-0.25, -0.2) is 0 Å². The Bertz CT molecular complexity index is 649. The minimum Gasteiger partial charge on any atom is -0.374 e. The van der Waals surface area contributed by atoms with Crippen LogP contribution in [0.1, 0.15) is 25.7 Å². The Hall–Kier alpha value is -1.53. The standard InChI is InChI=1S/C18H22N2O3S/c21-17(19-9-10-23-15-7-3-1-5-13(15)19)11-20-14-6-2-4-8-16(14)24-12-18(20)22/h2,4,6,8,13,15H,1,3,5,7,9-12H2/t13-,15+/m1/s1. The molecule has 2 aliphatic heterocycles. The number of morpholine rings is 1. The fraction of sp³-hybridized carbons (Fsp3) is 0.556. The van der Waals surface area contributed by atoms with E-state index in [1.807, 2.05) is 29.2 Å². The summed E-state index contributed by atoms with van der Waals surface area (Å²) < 4.78 is 5.85. The third-order valence-corrected chi connectivity index (χ3v) is 6.20. The van der Waals surface area contributed by atoms with Crippen molar-refractivity contribution >= 4 is 29.3 Å². The smallest absolute Gasteiger partial charge is 0.243 e. The minimum atomic E-state index is 0.0144. The molecule has 1 saturated heterocycles. The molecular weight excluding hydrogens is 324 g/mol. The number of rotatable bonds is 2. The molecule has 2 heterocycles. The van der Waals surface area contributed by atoms with Crippen molar-refractivity contribution in [2.24, 2.45) is 0 Å². The van der Waals surface area contributed by atoms with Crippen LogP contribution in [0.3, 0.4) is 0 Å². The summed E-state index contributed by atoms with van der Waals surface area (Å²) in [6.45, 7) is 1.38. The number of hydrogen-bond donors (Lipinski definition) is 0. The number of amides is 2. The van der Waals surface area contributed by atoms with Gasteiger partial charge in [-0.3, -0.25) is 9.59 Å². The van der Waals surface area contributed by atoms with Crippen molar-refractivity contribution < 1.29 is 14.3 Å². The molecule has 2 atom stereocenters. The van der Waals surface area contributed by atoms with Crippen LogP contribution < -0.4 is 4.90 Å². The number of carbonyl (C=O) groups excluding carboxylic acids is 2. The van der Waals surface area contributed by atoms with Crippen molar-refractivity contribution in [2.45, 2.75) is 42.7 Å². The van der Waals surface area contributed by atoms with Crippen molar-refractivity contribution in [2.75, 3.05) is 30.3 Å². The lowest BCUT2D eigenvalue weighted by Crippen LogP contribution is -2.57. The zero-order chi connectivity index (χ0) is 16.5. The number of carbonyl (C=O) groups is 2. The summed E-state index contributed by atoms with van der Waals surface area (Å²) >= 11 is 1.55. The number of anilines is 1. The molecule has 4 rings (SSSR count). The first-order chi connectivity index (χ1) is 11.7. The van der Waals surface area contributed by atoms with Crippen LogP contribution in [-0.4, -0.2) is 54.3 Å². The molecule has 1 aliphatic carbocycles. The van der Waals surface area contributed by atoms with Crippen LogP contribution >= 0.6 is 11.8 Å². The molecule has 24 heavy (non-hydrogen) atoms. The molecule has 1 saturated carbocycles. The van der Waals surface area contributed by atoms with Gasteiger partial charge in [0, 0.05) is 11.4 Å². The summed E-state index contributed by atoms with van der Waals surface area (Å²) in [7, 11) is 0. The first-order valence-corrected chi connectivity index (χ1v) is 9.66. The van der Waals surface area contributed by atoms with Crippen LogP contribution in [0.25, 0.3) is 0 Å². The number of fused-ring (bicyclic) bond motifs is 2. The van der Waals surface area contributed by atoms with E-state index >= 15 is 0 Å². The number of para-hydroxylation sites is 1. The van der Waals surface area contributed by atoms with Gasteiger partial charge in [0.2, 0.25) is 11.8 Å². The fourth-order valence-corrected chi connectivity index (χ4v) is 4.90. The predicted molar refractivity (Wildman–Crippen MR) is 93.2 cm³/mol. The molecule has 1 aromatic rings. The van der Waals surface area contributed by atoms with Gasteiger partial charge < -0.3 is 14.5 Å². The maximum absolute atomic E-state index is 12.9. The van der Waals surface area contributed by atoms with Gasteiger partial charge in [-0.2, -0.15) is 0 Å². The Morgan fingerprint density at radius 3 is 3.00 bits per heavy atom. The first-order valence-electron chi connectivity index (χ1n) is 8.67. The second kappa shape index (κ2) is 6.76. The summed E-state index contributed by atoms with van der Waals surface area (Å²) in [5, 5.41) is 0. The molecular formula is C18H22N2O3S. The van der Waals surface area contributed by atoms with Crippen molar-refractivity contribution in [1.82, 2.24) is 4.90 Å². The molecule has 0 aromatic heterocycles. The summed E-state index contributed by atoms with van der Waals surface area (Å²) in [4.78, 5) is 30.0. The molecule has 3 aliphatic rings. The van der Waals surface area contributed by atoms with E-state index in [9.17, 15) is 9.59 Å². The Labute approximate surface area is 146 Å². The minimum absolute atomic E-state index is 0.0144. The highest BCUT2D eigenvalue weighted by Gasteiger charge is 2.38. The molecule has 0 unspecified atom stereocenters. The molecule has 128 valence electrons. The first kappa shape index (κ1) is 16.0. The van der Waals surface area contributed by atoms with Gasteiger partial charge in [0.15, 0.2) is 0 Å². The largest absolute Gasteiger partial charge is 0.374 e. The molecule has 5 nitrogen and oxygen atoms in total. The lowest BCUT2D eigenvalue weighted by molar-refractivity contribution is -0.148. The number of hydrogen-bond acceptors (Lipinski definition) is 4. The normalized spacial score (nSPS) is 26.8. The molecule has 0 bridgehead atoms. The van der Waals surface area contributed by atoms with E-state index in [1.165, 1.54) is 6.42 Å². The van der Waals surface area contributed by atoms with Gasteiger partial charge in [-0.1, -0.05) is 25.0 Å². The van der Waals surface area contributed by atoms with Gasteiger partial charge in [-0.05, 0) is 25.0 Å². The van der Waals surface area contributed by atoms with E-state index in [-0.39, 0.29) is 30.5 Å². The zero-order valence-corrected chi connectivity index (χ0v) is 14.5. The molecule has 2 fully saturated rings. The van der Waals surface area contributed by atoms with Gasteiger partial charge >= 0.3 is 0 Å². The van der Waals surface area contributed by atoms with Crippen LogP contribution in [-0.2, 0) is 14.3 Å². The topological polar surface area (TPSA) is 49.9 Å². The monoisotopic (exact) mass is 346 g/mol. The van der Waals surface area contributed by atoms with Crippen LogP contribution in [0.2, 0.25) is 0 Å². The van der Waals surface area contributed by atoms with Gasteiger partial charge in [0.05, 0.1) is 30.2 Å². The van der Waals surface area contributed by atoms with Crippen LogP contribution in [0.5, 0.6) is 0 Å². The Balaban J connectivity index is 1.52. The SMILES string of the molecule is O=C1CSc2ccccc2N1CC(=O)N1CCO[C@H]2CCCC[C@H]21. The summed E-state index contributed by atoms with van der Waals surface area (Å²) in [6.07, 6.45) is 4.55. The number of ether oxygens (including phenoxy) is 1. The highest BCUT2D eigenvalue weighted by atomic mass is 32.2. The number of benzene rings is 1. The van der Waals surface area contributed by atoms with Gasteiger partial charge in [0.1, 0.15) is 6.54 Å². The second-order valence-electron chi connectivity index (χ2n) is 6.58. The van der Waals surface area contributed by atoms with E-state index < -0.39 is 0 Å². The lowest BCUT2D eigenvalue weighted by atomic mass is 9.90. The average molecular weight is 346 g/mol. The number of nitrogens with zero attached hydrogens (tertiary/aromatic N) is 2. The Morgan fingerprint density at radius 1 is 1.25 bits per heavy atom. The van der Waals surface area contributed by atoms with E-state index in [2.05, 4.69) is 0 Å². The average Bonchev–Trinajstić information content (AvgIpc) is 2.63. The maximum atomic E-state index is 12.9. The van der Waals surface area contributed by atoms with Crippen LogP contribution in [0.4, 0.5) is 5.69 Å². The highest BCUT2D eigenvalue weighted by molar-refractivity contribution is 8.00. The van der Waals surface area contributed by atoms with Crippen molar-refractivity contribution in [3.63, 3.8) is 0 Å². The van der Waals surface area contributed by atoms with E-state index in [0.29, 0.717) is 18.9 Å². The summed E-state index contributed by atoms with van der Waals surface area (Å²) in [6, 6.07) is 8.01. The Morgan fingerprint density at radius 2 is 2.08 bits per heavy atom. The highest BCUT2D eigenvalue weighted by Crippen LogP contribution is 2.35. The van der Waals surface area contributed by atoms with Crippen LogP contribution in [0.15, 0.2) is 29.2 Å². The van der Waals surface area contributed by atoms with Crippen LogP contribution in [0, 0.1) is 0 Å². The quantitative estimate of drug-likeness (QED) is 0.824. The number of thioether (sulfide) groups is 1. The fourth-order valence-electron chi connectivity index (χ4n) is 3.96. The molecule has 2 amide bonds. The Kier molecular flexibility index (Phi) is 4.50. The van der Waals surface area contributed by atoms with Gasteiger partial charge in [-0.15, -0.1) is 11.8 Å². The molecule has 0 radical (unpaired) electrons. The molecule has 0 N–H and O–H groups in total. The third-order valence-electron chi connectivity index (χ3n) is 5.15. The molecule has 1 aromatic carbocycles. The molecule has 6 heteroatoms. The van der Waals surface area contributed by atoms with Crippen molar-refractivity contribution in [3.8, 4) is 0 Å². The summed E-state index contributed by atoms with van der Waals surface area (Å²) in [5.74, 6) is 0.463. The van der Waals surface area contributed by atoms with E-state index in [0.717, 1.165) is 29.8 Å². The maximum Gasteiger partial charge on any atom is 0.243 e. The molecule has 0 spiro atoms. The van der Waals surface area contributed by atoms with Gasteiger partial charge in [0.25, 0.3) is 0 Å². The van der Waals surface area contributed by atoms with Crippen molar-refractivity contribution in [3.05, 3.63) is 24.3 Å². The second-order valence-corrected chi connectivity index (χ2v) is 7.60. The van der Waals surface area contributed by atoms with E-state index in [4.69, 9.17) is 4.74 Å². The summed E-state index contributed by atoms with van der Waals surface area (Å²) in [5.41, 5.74) is 0.862.